The van der Waals surface area contributed by atoms with Crippen LogP contribution in [-0.2, 0) is 0 Å². The molecule has 1 aromatic heterocycles. The molecular formula is C19H23N3O2. The molecule has 0 radical (unpaired) electrons. The lowest BCUT2D eigenvalue weighted by molar-refractivity contribution is 0.394. The fourth-order valence-electron chi connectivity index (χ4n) is 2.83. The summed E-state index contributed by atoms with van der Waals surface area (Å²) in [4.78, 5) is 11.3. The van der Waals surface area contributed by atoms with Gasteiger partial charge in [0.05, 0.1) is 19.9 Å². The van der Waals surface area contributed by atoms with Crippen molar-refractivity contribution in [3.63, 3.8) is 0 Å². The summed E-state index contributed by atoms with van der Waals surface area (Å²) < 4.78 is 10.7. The largest absolute Gasteiger partial charge is 0.497 e. The Kier molecular flexibility index (Phi) is 5.31. The molecule has 2 aromatic rings. The average Bonchev–Trinajstić information content (AvgIpc) is 2.67. The number of methoxy groups -OCH3 is 2. The van der Waals surface area contributed by atoms with E-state index in [1.54, 1.807) is 14.2 Å². The first-order valence-electron chi connectivity index (χ1n) is 8.28. The highest BCUT2D eigenvalue weighted by Gasteiger charge is 2.13. The van der Waals surface area contributed by atoms with Crippen molar-refractivity contribution in [2.45, 2.75) is 19.3 Å². The zero-order valence-corrected chi connectivity index (χ0v) is 14.2. The fourth-order valence-corrected chi connectivity index (χ4v) is 2.83. The van der Waals surface area contributed by atoms with Crippen molar-refractivity contribution in [2.75, 3.05) is 32.2 Å². The predicted octanol–water partition coefficient (Wildman–Crippen LogP) is 3.65. The molecule has 1 aromatic carbocycles. The van der Waals surface area contributed by atoms with Crippen molar-refractivity contribution in [1.29, 1.82) is 0 Å². The van der Waals surface area contributed by atoms with E-state index in [1.165, 1.54) is 19.3 Å². The van der Waals surface area contributed by atoms with Gasteiger partial charge < -0.3 is 14.4 Å². The first-order valence-corrected chi connectivity index (χ1v) is 8.28. The lowest BCUT2D eigenvalue weighted by Crippen LogP contribution is -2.31. The summed E-state index contributed by atoms with van der Waals surface area (Å²) in [5.41, 5.74) is 1.87. The van der Waals surface area contributed by atoms with E-state index in [9.17, 15) is 0 Å². The lowest BCUT2D eigenvalue weighted by atomic mass is 10.1. The average molecular weight is 325 g/mol. The molecule has 5 heteroatoms. The van der Waals surface area contributed by atoms with Gasteiger partial charge in [0, 0.05) is 30.9 Å². The number of piperidine rings is 1. The quantitative estimate of drug-likeness (QED) is 0.839. The van der Waals surface area contributed by atoms with E-state index in [1.807, 2.05) is 42.6 Å². The summed E-state index contributed by atoms with van der Waals surface area (Å²) in [5, 5.41) is 0. The third-order valence-electron chi connectivity index (χ3n) is 4.18. The number of rotatable bonds is 5. The highest BCUT2D eigenvalue weighted by atomic mass is 16.5. The maximum absolute atomic E-state index is 5.42. The first kappa shape index (κ1) is 16.3. The molecular weight excluding hydrogens is 302 g/mol. The molecule has 2 heterocycles. The zero-order chi connectivity index (χ0) is 16.8. The number of anilines is 1. The molecule has 3 rings (SSSR count). The Labute approximate surface area is 143 Å². The number of benzene rings is 1. The highest BCUT2D eigenvalue weighted by molar-refractivity contribution is 5.72. The van der Waals surface area contributed by atoms with Gasteiger partial charge in [0.25, 0.3) is 0 Å². The molecule has 24 heavy (non-hydrogen) atoms. The Morgan fingerprint density at radius 3 is 2.58 bits per heavy atom. The van der Waals surface area contributed by atoms with Gasteiger partial charge in [-0.15, -0.1) is 0 Å². The normalized spacial score (nSPS) is 14.8. The van der Waals surface area contributed by atoms with Crippen molar-refractivity contribution < 1.29 is 9.47 Å². The third kappa shape index (κ3) is 3.85. The topological polar surface area (TPSA) is 47.5 Å². The second-order valence-corrected chi connectivity index (χ2v) is 5.77. The minimum Gasteiger partial charge on any atom is -0.497 e. The van der Waals surface area contributed by atoms with Crippen LogP contribution in [-0.4, -0.2) is 37.3 Å². The molecule has 0 N–H and O–H groups in total. The van der Waals surface area contributed by atoms with E-state index in [4.69, 9.17) is 9.47 Å². The number of hydrogen-bond donors (Lipinski definition) is 0. The number of ether oxygens (including phenoxy) is 2. The molecule has 0 unspecified atom stereocenters. The molecule has 1 fully saturated rings. The van der Waals surface area contributed by atoms with Gasteiger partial charge in [0.15, 0.2) is 0 Å². The van der Waals surface area contributed by atoms with Gasteiger partial charge in [0.2, 0.25) is 5.95 Å². The minimum absolute atomic E-state index is 0.774. The van der Waals surface area contributed by atoms with Gasteiger partial charge in [-0.3, -0.25) is 0 Å². The maximum atomic E-state index is 5.42. The van der Waals surface area contributed by atoms with Crippen LogP contribution in [0.25, 0.3) is 12.2 Å². The molecule has 1 aliphatic heterocycles. The summed E-state index contributed by atoms with van der Waals surface area (Å²) in [7, 11) is 3.30. The standard InChI is InChI=1S/C19H23N3O2/c1-23-17-9-7-15(18(14-17)24-2)6-8-16-10-11-20-19(21-16)22-12-4-3-5-13-22/h6-11,14H,3-5,12-13H2,1-2H3/b8-6+. The summed E-state index contributed by atoms with van der Waals surface area (Å²) >= 11 is 0. The van der Waals surface area contributed by atoms with Gasteiger partial charge in [-0.1, -0.05) is 0 Å². The molecule has 0 saturated carbocycles. The van der Waals surface area contributed by atoms with Crippen molar-refractivity contribution in [3.8, 4) is 11.5 Å². The van der Waals surface area contributed by atoms with E-state index < -0.39 is 0 Å². The van der Waals surface area contributed by atoms with E-state index in [2.05, 4.69) is 14.9 Å². The zero-order valence-electron chi connectivity index (χ0n) is 14.2. The molecule has 1 saturated heterocycles. The van der Waals surface area contributed by atoms with Crippen LogP contribution in [0.5, 0.6) is 11.5 Å². The highest BCUT2D eigenvalue weighted by Crippen LogP contribution is 2.26. The van der Waals surface area contributed by atoms with Gasteiger partial charge in [-0.05, 0) is 49.6 Å². The predicted molar refractivity (Wildman–Crippen MR) is 96.6 cm³/mol. The van der Waals surface area contributed by atoms with Crippen LogP contribution in [0.3, 0.4) is 0 Å². The van der Waals surface area contributed by atoms with Gasteiger partial charge >= 0.3 is 0 Å². The van der Waals surface area contributed by atoms with Gasteiger partial charge in [-0.25, -0.2) is 9.97 Å². The van der Waals surface area contributed by atoms with Crippen LogP contribution in [0, 0.1) is 0 Å². The second kappa shape index (κ2) is 7.81. The Bertz CT molecular complexity index is 710. The fraction of sp³-hybridized carbons (Fsp3) is 0.368. The monoisotopic (exact) mass is 325 g/mol. The van der Waals surface area contributed by atoms with Crippen molar-refractivity contribution in [3.05, 3.63) is 41.7 Å². The van der Waals surface area contributed by atoms with Gasteiger partial charge in [-0.2, -0.15) is 0 Å². The van der Waals surface area contributed by atoms with Crippen LogP contribution < -0.4 is 14.4 Å². The molecule has 1 aliphatic rings. The SMILES string of the molecule is COc1ccc(/C=C/c2ccnc(N3CCCCC3)n2)c(OC)c1. The molecule has 0 aliphatic carbocycles. The van der Waals surface area contributed by atoms with E-state index in [0.717, 1.165) is 41.8 Å². The van der Waals surface area contributed by atoms with Crippen LogP contribution in [0.2, 0.25) is 0 Å². The molecule has 5 nitrogen and oxygen atoms in total. The van der Waals surface area contributed by atoms with E-state index in [0.29, 0.717) is 0 Å². The van der Waals surface area contributed by atoms with Crippen LogP contribution >= 0.6 is 0 Å². The molecule has 0 amide bonds. The summed E-state index contributed by atoms with van der Waals surface area (Å²) in [6, 6.07) is 7.68. The smallest absolute Gasteiger partial charge is 0.225 e. The lowest BCUT2D eigenvalue weighted by Gasteiger charge is -2.26. The molecule has 126 valence electrons. The first-order chi connectivity index (χ1) is 11.8. The minimum atomic E-state index is 0.774. The second-order valence-electron chi connectivity index (χ2n) is 5.77. The summed E-state index contributed by atoms with van der Waals surface area (Å²) in [6.45, 7) is 2.08. The number of nitrogens with zero attached hydrogens (tertiary/aromatic N) is 3. The van der Waals surface area contributed by atoms with Crippen molar-refractivity contribution in [1.82, 2.24) is 9.97 Å². The Morgan fingerprint density at radius 2 is 1.83 bits per heavy atom. The number of hydrogen-bond acceptors (Lipinski definition) is 5. The Hall–Kier alpha value is -2.56. The van der Waals surface area contributed by atoms with E-state index in [-0.39, 0.29) is 0 Å². The van der Waals surface area contributed by atoms with Crippen LogP contribution in [0.4, 0.5) is 5.95 Å². The summed E-state index contributed by atoms with van der Waals surface area (Å²) in [6.07, 6.45) is 9.54. The molecule has 0 spiro atoms. The number of aromatic nitrogens is 2. The van der Waals surface area contributed by atoms with E-state index >= 15 is 0 Å². The van der Waals surface area contributed by atoms with Gasteiger partial charge in [0.1, 0.15) is 11.5 Å². The maximum Gasteiger partial charge on any atom is 0.225 e. The Morgan fingerprint density at radius 1 is 1.00 bits per heavy atom. The summed E-state index contributed by atoms with van der Waals surface area (Å²) in [5.74, 6) is 2.37. The third-order valence-corrected chi connectivity index (χ3v) is 4.18. The molecule has 0 bridgehead atoms. The molecule has 0 atom stereocenters. The van der Waals surface area contributed by atoms with Crippen LogP contribution in [0.15, 0.2) is 30.5 Å². The van der Waals surface area contributed by atoms with Crippen molar-refractivity contribution >= 4 is 18.1 Å². The van der Waals surface area contributed by atoms with Crippen molar-refractivity contribution in [2.24, 2.45) is 0 Å². The Balaban J connectivity index is 1.79. The van der Waals surface area contributed by atoms with Crippen LogP contribution in [0.1, 0.15) is 30.5 Å².